The SMILES string of the molecule is CC[C@H](C(=O)N1CCC(c2nc3c(nnn3Cc3ccccc3)c(=O)[nH]2)CC1)c1cccc(Cl)c1. The van der Waals surface area contributed by atoms with Gasteiger partial charge in [-0.15, -0.1) is 5.10 Å². The van der Waals surface area contributed by atoms with Crippen molar-refractivity contribution < 1.29 is 4.79 Å². The smallest absolute Gasteiger partial charge is 0.281 e. The second kappa shape index (κ2) is 10.00. The maximum Gasteiger partial charge on any atom is 0.281 e. The largest absolute Gasteiger partial charge is 0.342 e. The highest BCUT2D eigenvalue weighted by atomic mass is 35.5. The van der Waals surface area contributed by atoms with E-state index in [0.29, 0.717) is 42.5 Å². The van der Waals surface area contributed by atoms with Crippen LogP contribution in [0.5, 0.6) is 0 Å². The van der Waals surface area contributed by atoms with Crippen LogP contribution in [-0.4, -0.2) is 48.9 Å². The minimum Gasteiger partial charge on any atom is -0.342 e. The maximum absolute atomic E-state index is 13.3. The van der Waals surface area contributed by atoms with Crippen LogP contribution >= 0.6 is 11.6 Å². The van der Waals surface area contributed by atoms with Crippen LogP contribution in [0, 0.1) is 0 Å². The van der Waals surface area contributed by atoms with Crippen molar-refractivity contribution in [2.75, 3.05) is 13.1 Å². The third-order valence-electron chi connectivity index (χ3n) is 6.72. The second-order valence-electron chi connectivity index (χ2n) is 8.97. The van der Waals surface area contributed by atoms with E-state index in [0.717, 1.165) is 24.0 Å². The molecular formula is C26H27ClN6O2. The van der Waals surface area contributed by atoms with Crippen LogP contribution in [0.15, 0.2) is 59.4 Å². The van der Waals surface area contributed by atoms with E-state index >= 15 is 0 Å². The van der Waals surface area contributed by atoms with Gasteiger partial charge in [-0.2, -0.15) is 0 Å². The third kappa shape index (κ3) is 4.84. The summed E-state index contributed by atoms with van der Waals surface area (Å²) in [5, 5.41) is 8.84. The van der Waals surface area contributed by atoms with Gasteiger partial charge in [0.2, 0.25) is 5.91 Å². The Morgan fingerprint density at radius 1 is 1.14 bits per heavy atom. The van der Waals surface area contributed by atoms with E-state index in [-0.39, 0.29) is 28.8 Å². The Kier molecular flexibility index (Phi) is 6.63. The molecule has 1 N–H and O–H groups in total. The Balaban J connectivity index is 1.32. The fraction of sp³-hybridized carbons (Fsp3) is 0.346. The van der Waals surface area contributed by atoms with Crippen LogP contribution < -0.4 is 5.56 Å². The van der Waals surface area contributed by atoms with Gasteiger partial charge in [0, 0.05) is 24.0 Å². The van der Waals surface area contributed by atoms with Crippen LogP contribution in [0.2, 0.25) is 5.02 Å². The summed E-state index contributed by atoms with van der Waals surface area (Å²) in [5.74, 6) is 0.601. The van der Waals surface area contributed by atoms with Gasteiger partial charge in [-0.05, 0) is 42.5 Å². The third-order valence-corrected chi connectivity index (χ3v) is 6.95. The predicted molar refractivity (Wildman–Crippen MR) is 135 cm³/mol. The fourth-order valence-corrected chi connectivity index (χ4v) is 5.01. The standard InChI is InChI=1S/C26H27ClN6O2/c1-2-21(19-9-6-10-20(27)15-19)26(35)32-13-11-18(12-14-32)23-28-24-22(25(34)29-23)30-31-33(24)16-17-7-4-3-5-8-17/h3-10,15,18,21H,2,11-14,16H2,1H3,(H,28,29,34)/t21-/m0/s1. The van der Waals surface area contributed by atoms with Crippen molar-refractivity contribution in [1.82, 2.24) is 29.9 Å². The zero-order chi connectivity index (χ0) is 24.4. The lowest BCUT2D eigenvalue weighted by Gasteiger charge is -2.34. The molecule has 0 saturated carbocycles. The van der Waals surface area contributed by atoms with Crippen molar-refractivity contribution >= 4 is 28.7 Å². The molecule has 1 atom stereocenters. The number of hydrogen-bond donors (Lipinski definition) is 1. The number of hydrogen-bond acceptors (Lipinski definition) is 5. The minimum absolute atomic E-state index is 0.0578. The summed E-state index contributed by atoms with van der Waals surface area (Å²) in [7, 11) is 0. The van der Waals surface area contributed by atoms with Gasteiger partial charge in [-0.25, -0.2) is 9.67 Å². The number of carbonyl (C=O) groups is 1. The van der Waals surface area contributed by atoms with Crippen molar-refractivity contribution in [2.24, 2.45) is 0 Å². The van der Waals surface area contributed by atoms with Crippen molar-refractivity contribution in [3.63, 3.8) is 0 Å². The lowest BCUT2D eigenvalue weighted by Crippen LogP contribution is -2.41. The van der Waals surface area contributed by atoms with Gasteiger partial charge >= 0.3 is 0 Å². The summed E-state index contributed by atoms with van der Waals surface area (Å²) in [4.78, 5) is 35.6. The van der Waals surface area contributed by atoms with Gasteiger partial charge in [0.05, 0.1) is 12.5 Å². The molecule has 4 aromatic rings. The van der Waals surface area contributed by atoms with Crippen LogP contribution in [-0.2, 0) is 11.3 Å². The lowest BCUT2D eigenvalue weighted by molar-refractivity contribution is -0.134. The Morgan fingerprint density at radius 3 is 2.63 bits per heavy atom. The van der Waals surface area contributed by atoms with E-state index in [4.69, 9.17) is 16.6 Å². The highest BCUT2D eigenvalue weighted by molar-refractivity contribution is 6.30. The Labute approximate surface area is 207 Å². The van der Waals surface area contributed by atoms with Gasteiger partial charge in [-0.1, -0.05) is 66.2 Å². The van der Waals surface area contributed by atoms with E-state index in [1.807, 2.05) is 66.4 Å². The molecule has 180 valence electrons. The Morgan fingerprint density at radius 2 is 1.91 bits per heavy atom. The first-order chi connectivity index (χ1) is 17.0. The van der Waals surface area contributed by atoms with Crippen LogP contribution in [0.25, 0.3) is 11.2 Å². The lowest BCUT2D eigenvalue weighted by atomic mass is 9.91. The number of likely N-dealkylation sites (tertiary alicyclic amines) is 1. The van der Waals surface area contributed by atoms with Crippen LogP contribution in [0.3, 0.4) is 0 Å². The molecule has 2 aromatic carbocycles. The Hall–Kier alpha value is -3.52. The number of H-pyrrole nitrogens is 1. The molecule has 1 amide bonds. The molecule has 8 nitrogen and oxygen atoms in total. The molecule has 1 saturated heterocycles. The van der Waals surface area contributed by atoms with Crippen molar-refractivity contribution in [1.29, 1.82) is 0 Å². The van der Waals surface area contributed by atoms with Crippen LogP contribution in [0.4, 0.5) is 0 Å². The molecule has 0 spiro atoms. The van der Waals surface area contributed by atoms with Crippen LogP contribution in [0.1, 0.15) is 55.0 Å². The number of fused-ring (bicyclic) bond motifs is 1. The van der Waals surface area contributed by atoms with Crippen molar-refractivity contribution in [2.45, 2.75) is 44.6 Å². The Bertz CT molecular complexity index is 1390. The van der Waals surface area contributed by atoms with Crippen molar-refractivity contribution in [3.05, 3.63) is 86.9 Å². The summed E-state index contributed by atoms with van der Waals surface area (Å²) in [5.41, 5.74) is 2.44. The van der Waals surface area contributed by atoms with Gasteiger partial charge in [0.15, 0.2) is 11.2 Å². The van der Waals surface area contributed by atoms with Gasteiger partial charge in [-0.3, -0.25) is 9.59 Å². The van der Waals surface area contributed by atoms with E-state index in [2.05, 4.69) is 15.3 Å². The first-order valence-electron chi connectivity index (χ1n) is 11.9. The van der Waals surface area contributed by atoms with E-state index in [1.54, 1.807) is 4.68 Å². The number of aromatic amines is 1. The molecule has 0 bridgehead atoms. The monoisotopic (exact) mass is 490 g/mol. The number of piperidine rings is 1. The summed E-state index contributed by atoms with van der Waals surface area (Å²) in [6.45, 7) is 3.74. The first kappa shape index (κ1) is 23.2. The molecule has 5 rings (SSSR count). The number of carbonyl (C=O) groups excluding carboxylic acids is 1. The average molecular weight is 491 g/mol. The number of rotatable bonds is 6. The zero-order valence-electron chi connectivity index (χ0n) is 19.5. The van der Waals surface area contributed by atoms with Gasteiger partial charge in [0.1, 0.15) is 5.82 Å². The van der Waals surface area contributed by atoms with Gasteiger partial charge in [0.25, 0.3) is 5.56 Å². The highest BCUT2D eigenvalue weighted by Crippen LogP contribution is 2.30. The molecular weight excluding hydrogens is 464 g/mol. The molecule has 3 heterocycles. The molecule has 9 heteroatoms. The van der Waals surface area contributed by atoms with E-state index in [9.17, 15) is 9.59 Å². The molecule has 0 aliphatic carbocycles. The zero-order valence-corrected chi connectivity index (χ0v) is 20.3. The topological polar surface area (TPSA) is 96.8 Å². The second-order valence-corrected chi connectivity index (χ2v) is 9.41. The number of nitrogens with one attached hydrogen (secondary N) is 1. The average Bonchev–Trinajstić information content (AvgIpc) is 3.28. The summed E-state index contributed by atoms with van der Waals surface area (Å²) >= 11 is 6.15. The molecule has 0 unspecified atom stereocenters. The summed E-state index contributed by atoms with van der Waals surface area (Å²) in [6.07, 6.45) is 2.17. The fourth-order valence-electron chi connectivity index (χ4n) is 4.81. The number of amides is 1. The summed E-state index contributed by atoms with van der Waals surface area (Å²) < 4.78 is 1.67. The number of benzene rings is 2. The number of nitrogens with zero attached hydrogens (tertiary/aromatic N) is 5. The normalized spacial score (nSPS) is 15.4. The molecule has 2 aromatic heterocycles. The number of halogens is 1. The molecule has 35 heavy (non-hydrogen) atoms. The first-order valence-corrected chi connectivity index (χ1v) is 12.3. The van der Waals surface area contributed by atoms with E-state index in [1.165, 1.54) is 0 Å². The minimum atomic E-state index is -0.283. The molecule has 1 aliphatic rings. The molecule has 0 radical (unpaired) electrons. The highest BCUT2D eigenvalue weighted by Gasteiger charge is 2.30. The van der Waals surface area contributed by atoms with Crippen molar-refractivity contribution in [3.8, 4) is 0 Å². The van der Waals surface area contributed by atoms with E-state index < -0.39 is 0 Å². The van der Waals surface area contributed by atoms with Gasteiger partial charge < -0.3 is 9.88 Å². The predicted octanol–water partition coefficient (Wildman–Crippen LogP) is 4.12. The quantitative estimate of drug-likeness (QED) is 0.438. The summed E-state index contributed by atoms with van der Waals surface area (Å²) in [6, 6.07) is 17.4. The molecule has 1 fully saturated rings. The maximum atomic E-state index is 13.3. The number of aromatic nitrogens is 5. The molecule has 1 aliphatic heterocycles.